The summed E-state index contributed by atoms with van der Waals surface area (Å²) >= 11 is 0. The summed E-state index contributed by atoms with van der Waals surface area (Å²) in [5.41, 5.74) is 4.16. The maximum Gasteiger partial charge on any atom is 0.229 e. The fourth-order valence-corrected chi connectivity index (χ4v) is 4.38. The lowest BCUT2D eigenvalue weighted by atomic mass is 10.1. The van der Waals surface area contributed by atoms with Gasteiger partial charge in [-0.3, -0.25) is 4.79 Å². The van der Waals surface area contributed by atoms with Crippen molar-refractivity contribution in [3.8, 4) is 11.3 Å². The third kappa shape index (κ3) is 4.77. The van der Waals surface area contributed by atoms with Gasteiger partial charge in [-0.25, -0.2) is 9.97 Å². The van der Waals surface area contributed by atoms with Crippen LogP contribution >= 0.6 is 0 Å². The minimum absolute atomic E-state index is 0.552. The van der Waals surface area contributed by atoms with E-state index in [1.807, 2.05) is 74.6 Å². The monoisotopic (exact) mass is 482 g/mol. The Bertz CT molecular complexity index is 1340. The highest BCUT2D eigenvalue weighted by molar-refractivity contribution is 5.89. The molecular formula is C27H30N8O. The number of benzene rings is 2. The average Bonchev–Trinajstić information content (AvgIpc) is 2.92. The molecule has 1 fully saturated rings. The van der Waals surface area contributed by atoms with Gasteiger partial charge in [-0.05, 0) is 5.56 Å². The predicted octanol–water partition coefficient (Wildman–Crippen LogP) is 3.07. The van der Waals surface area contributed by atoms with Gasteiger partial charge in [0.05, 0.1) is 0 Å². The summed E-state index contributed by atoms with van der Waals surface area (Å²) < 4.78 is 0. The van der Waals surface area contributed by atoms with Gasteiger partial charge in [0, 0.05) is 59.4 Å². The second-order valence-electron chi connectivity index (χ2n) is 9.15. The molecule has 3 heterocycles. The molecular weight excluding hydrogens is 452 g/mol. The Labute approximate surface area is 211 Å². The lowest BCUT2D eigenvalue weighted by Crippen LogP contribution is -2.46. The molecule has 1 aliphatic rings. The number of amides is 1. The number of fused-ring (bicyclic) bond motifs is 1. The zero-order chi connectivity index (χ0) is 25.1. The second-order valence-corrected chi connectivity index (χ2v) is 9.15. The van der Waals surface area contributed by atoms with Crippen molar-refractivity contribution in [3.63, 3.8) is 0 Å². The van der Waals surface area contributed by atoms with Gasteiger partial charge in [-0.1, -0.05) is 60.7 Å². The topological polar surface area (TPSA) is 81.6 Å². The van der Waals surface area contributed by atoms with E-state index in [0.717, 1.165) is 29.3 Å². The number of aromatic nitrogens is 4. The van der Waals surface area contributed by atoms with Crippen LogP contribution in [0.4, 0.5) is 17.6 Å². The van der Waals surface area contributed by atoms with Gasteiger partial charge >= 0.3 is 0 Å². The molecule has 1 aliphatic heterocycles. The number of hydrogen-bond donors (Lipinski definition) is 0. The van der Waals surface area contributed by atoms with Crippen molar-refractivity contribution in [3.05, 3.63) is 66.2 Å². The molecule has 0 atom stereocenters. The number of nitrogens with zero attached hydrogens (tertiary/aromatic N) is 8. The van der Waals surface area contributed by atoms with Crippen molar-refractivity contribution in [2.75, 3.05) is 62.0 Å². The molecule has 184 valence electrons. The number of carbonyl (C=O) groups excluding carboxylic acids is 1. The normalized spacial score (nSPS) is 13.6. The smallest absolute Gasteiger partial charge is 0.229 e. The molecule has 0 aliphatic carbocycles. The van der Waals surface area contributed by atoms with Crippen LogP contribution in [0, 0.1) is 0 Å². The highest BCUT2D eigenvalue weighted by atomic mass is 16.1. The Morgan fingerprint density at radius 2 is 1.47 bits per heavy atom. The van der Waals surface area contributed by atoms with Crippen molar-refractivity contribution >= 4 is 35.2 Å². The van der Waals surface area contributed by atoms with E-state index >= 15 is 0 Å². The first-order valence-electron chi connectivity index (χ1n) is 12.1. The Morgan fingerprint density at radius 3 is 2.11 bits per heavy atom. The standard InChI is InChI=1S/C27H30N8O/c1-32(2)25-22(21-12-8-5-9-13-21)28-23-24(29-25)30-27(35-16-14-34(19-36)15-17-35)31-26(23)33(3)18-20-10-6-4-7-11-20/h4-13,19H,14-18H2,1-3H3. The van der Waals surface area contributed by atoms with E-state index in [1.54, 1.807) is 4.90 Å². The summed E-state index contributed by atoms with van der Waals surface area (Å²) in [5.74, 6) is 2.09. The highest BCUT2D eigenvalue weighted by Gasteiger charge is 2.24. The minimum Gasteiger partial charge on any atom is -0.361 e. The second kappa shape index (κ2) is 10.2. The molecule has 5 rings (SSSR count). The molecule has 36 heavy (non-hydrogen) atoms. The number of anilines is 3. The molecule has 0 unspecified atom stereocenters. The fraction of sp³-hybridized carbons (Fsp3) is 0.296. The van der Waals surface area contributed by atoms with Crippen LogP contribution < -0.4 is 14.7 Å². The molecule has 9 heteroatoms. The van der Waals surface area contributed by atoms with Crippen molar-refractivity contribution in [1.29, 1.82) is 0 Å². The zero-order valence-electron chi connectivity index (χ0n) is 20.9. The van der Waals surface area contributed by atoms with Crippen LogP contribution in [0.3, 0.4) is 0 Å². The largest absolute Gasteiger partial charge is 0.361 e. The Hall–Kier alpha value is -4.27. The van der Waals surface area contributed by atoms with Crippen LogP contribution in [-0.2, 0) is 11.3 Å². The van der Waals surface area contributed by atoms with E-state index in [4.69, 9.17) is 19.9 Å². The van der Waals surface area contributed by atoms with Crippen molar-refractivity contribution in [1.82, 2.24) is 24.8 Å². The van der Waals surface area contributed by atoms with Crippen LogP contribution in [0.25, 0.3) is 22.4 Å². The first-order valence-corrected chi connectivity index (χ1v) is 12.1. The van der Waals surface area contributed by atoms with Crippen LogP contribution in [-0.4, -0.2) is 78.6 Å². The zero-order valence-corrected chi connectivity index (χ0v) is 20.9. The first kappa shape index (κ1) is 23.5. The molecule has 0 saturated carbocycles. The van der Waals surface area contributed by atoms with E-state index in [-0.39, 0.29) is 0 Å². The number of carbonyl (C=O) groups is 1. The summed E-state index contributed by atoms with van der Waals surface area (Å²) in [6.45, 7) is 3.29. The first-order chi connectivity index (χ1) is 17.5. The van der Waals surface area contributed by atoms with Gasteiger partial charge in [0.25, 0.3) is 0 Å². The molecule has 0 spiro atoms. The lowest BCUT2D eigenvalue weighted by Gasteiger charge is -2.33. The summed E-state index contributed by atoms with van der Waals surface area (Å²) in [6.07, 6.45) is 0.900. The molecule has 2 aromatic heterocycles. The van der Waals surface area contributed by atoms with Crippen LogP contribution in [0.2, 0.25) is 0 Å². The Kier molecular flexibility index (Phi) is 6.62. The predicted molar refractivity (Wildman–Crippen MR) is 143 cm³/mol. The molecule has 1 amide bonds. The molecule has 2 aromatic carbocycles. The lowest BCUT2D eigenvalue weighted by molar-refractivity contribution is -0.118. The maximum atomic E-state index is 11.2. The Balaban J connectivity index is 1.65. The summed E-state index contributed by atoms with van der Waals surface area (Å²) in [5, 5.41) is 0. The van der Waals surface area contributed by atoms with Crippen molar-refractivity contribution in [2.24, 2.45) is 0 Å². The van der Waals surface area contributed by atoms with Crippen molar-refractivity contribution < 1.29 is 4.79 Å². The summed E-state index contributed by atoms with van der Waals surface area (Å²) in [6, 6.07) is 20.4. The average molecular weight is 483 g/mol. The molecule has 9 nitrogen and oxygen atoms in total. The van der Waals surface area contributed by atoms with Gasteiger partial charge in [0.1, 0.15) is 5.69 Å². The van der Waals surface area contributed by atoms with Crippen LogP contribution in [0.15, 0.2) is 60.7 Å². The maximum absolute atomic E-state index is 11.2. The Morgan fingerprint density at radius 1 is 0.806 bits per heavy atom. The van der Waals surface area contributed by atoms with E-state index in [1.165, 1.54) is 5.56 Å². The quantitative estimate of drug-likeness (QED) is 0.372. The molecule has 0 radical (unpaired) electrons. The van der Waals surface area contributed by atoms with Crippen molar-refractivity contribution in [2.45, 2.75) is 6.54 Å². The van der Waals surface area contributed by atoms with E-state index in [9.17, 15) is 4.79 Å². The van der Waals surface area contributed by atoms with Gasteiger partial charge < -0.3 is 19.6 Å². The highest BCUT2D eigenvalue weighted by Crippen LogP contribution is 2.32. The van der Waals surface area contributed by atoms with Crippen LogP contribution in [0.5, 0.6) is 0 Å². The number of piperazine rings is 1. The van der Waals surface area contributed by atoms with Gasteiger partial charge in [-0.15, -0.1) is 0 Å². The van der Waals surface area contributed by atoms with E-state index in [0.29, 0.717) is 49.8 Å². The van der Waals surface area contributed by atoms with Gasteiger partial charge in [-0.2, -0.15) is 9.97 Å². The van der Waals surface area contributed by atoms with Gasteiger partial charge in [0.15, 0.2) is 22.8 Å². The molecule has 1 saturated heterocycles. The third-order valence-corrected chi connectivity index (χ3v) is 6.32. The minimum atomic E-state index is 0.552. The molecule has 4 aromatic rings. The fourth-order valence-electron chi connectivity index (χ4n) is 4.38. The van der Waals surface area contributed by atoms with Crippen LogP contribution in [0.1, 0.15) is 5.56 Å². The SMILES string of the molecule is CN(C)c1nc2nc(N3CCN(C=O)CC3)nc(N(C)Cc3ccccc3)c2nc1-c1ccccc1. The summed E-state index contributed by atoms with van der Waals surface area (Å²) in [7, 11) is 5.95. The molecule has 0 N–H and O–H groups in total. The van der Waals surface area contributed by atoms with E-state index in [2.05, 4.69) is 21.9 Å². The number of rotatable bonds is 7. The van der Waals surface area contributed by atoms with Gasteiger partial charge in [0.2, 0.25) is 12.4 Å². The number of hydrogen-bond acceptors (Lipinski definition) is 8. The van der Waals surface area contributed by atoms with E-state index < -0.39 is 0 Å². The molecule has 0 bridgehead atoms. The summed E-state index contributed by atoms with van der Waals surface area (Å²) in [4.78, 5) is 39.1. The third-order valence-electron chi connectivity index (χ3n) is 6.32.